The van der Waals surface area contributed by atoms with Crippen LogP contribution in [0.4, 0.5) is 4.79 Å². The van der Waals surface area contributed by atoms with Gasteiger partial charge in [0.05, 0.1) is 17.8 Å². The maximum Gasteiger partial charge on any atom is 0.289 e. The molecule has 0 radical (unpaired) electrons. The molecule has 0 aromatic carbocycles. The van der Waals surface area contributed by atoms with Gasteiger partial charge in [-0.3, -0.25) is 14.5 Å². The third kappa shape index (κ3) is 1.42. The summed E-state index contributed by atoms with van der Waals surface area (Å²) in [6.07, 6.45) is 0. The Kier molecular flexibility index (Phi) is 2.37. The molecule has 0 saturated carbocycles. The van der Waals surface area contributed by atoms with Crippen molar-refractivity contribution in [3.05, 3.63) is 0 Å². The molecule has 1 saturated heterocycles. The smallest absolute Gasteiger partial charge is 0.289 e. The number of imide groups is 1. The fraction of sp³-hybridized carbons (Fsp3) is 0.500. The summed E-state index contributed by atoms with van der Waals surface area (Å²) in [5.74, 6) is -1.86. The molecule has 1 fully saturated rings. The second-order valence-electron chi connectivity index (χ2n) is 2.31. The first-order valence-corrected chi connectivity index (χ1v) is 4.22. The molecule has 1 aliphatic rings. The van der Waals surface area contributed by atoms with E-state index >= 15 is 0 Å². The summed E-state index contributed by atoms with van der Waals surface area (Å²) < 4.78 is 0. The number of carbonyl (C=O) groups is 3. The van der Waals surface area contributed by atoms with Gasteiger partial charge in [0.2, 0.25) is 5.91 Å². The monoisotopic (exact) mass is 188 g/mol. The molecule has 1 rings (SSSR count). The van der Waals surface area contributed by atoms with Gasteiger partial charge in [-0.15, -0.1) is 0 Å². The topological polar surface area (TPSA) is 77.5 Å². The Morgan fingerprint density at radius 2 is 2.25 bits per heavy atom. The zero-order valence-corrected chi connectivity index (χ0v) is 7.09. The maximum atomic E-state index is 10.9. The molecule has 1 heterocycles. The second-order valence-corrected chi connectivity index (χ2v) is 3.24. The third-order valence-corrected chi connectivity index (χ3v) is 2.35. The fourth-order valence-corrected chi connectivity index (χ4v) is 1.63. The molecule has 0 bridgehead atoms. The minimum atomic E-state index is -1.42. The average Bonchev–Trinajstić information content (AvgIpc) is 2.30. The quantitative estimate of drug-likeness (QED) is 0.545. The van der Waals surface area contributed by atoms with Crippen LogP contribution in [0.2, 0.25) is 0 Å². The largest absolute Gasteiger partial charge is 0.548 e. The Morgan fingerprint density at radius 1 is 1.67 bits per heavy atom. The zero-order valence-electron chi connectivity index (χ0n) is 6.27. The molecule has 1 unspecified atom stereocenters. The molecule has 0 aliphatic carbocycles. The summed E-state index contributed by atoms with van der Waals surface area (Å²) in [4.78, 5) is 32.9. The van der Waals surface area contributed by atoms with Crippen LogP contribution in [0.3, 0.4) is 0 Å². The normalized spacial score (nSPS) is 19.9. The molecule has 1 atom stereocenters. The van der Waals surface area contributed by atoms with E-state index in [2.05, 4.69) is 0 Å². The molecule has 0 spiro atoms. The van der Waals surface area contributed by atoms with Crippen molar-refractivity contribution in [2.24, 2.45) is 0 Å². The van der Waals surface area contributed by atoms with Crippen LogP contribution in [0.15, 0.2) is 0 Å². The van der Waals surface area contributed by atoms with E-state index in [1.54, 1.807) is 0 Å². The molecular formula is C6H6NO4S-. The van der Waals surface area contributed by atoms with Crippen LogP contribution in [0.5, 0.6) is 0 Å². The first kappa shape index (κ1) is 9.05. The van der Waals surface area contributed by atoms with Crippen LogP contribution in [0.1, 0.15) is 6.92 Å². The van der Waals surface area contributed by atoms with E-state index in [1.165, 1.54) is 6.92 Å². The van der Waals surface area contributed by atoms with Crippen LogP contribution >= 0.6 is 11.8 Å². The summed E-state index contributed by atoms with van der Waals surface area (Å²) in [5, 5.41) is 9.79. The predicted molar refractivity (Wildman–Crippen MR) is 39.2 cm³/mol. The Labute approximate surface area is 72.7 Å². The summed E-state index contributed by atoms with van der Waals surface area (Å²) in [6, 6.07) is -1.17. The fourth-order valence-electron chi connectivity index (χ4n) is 0.844. The number of rotatable bonds is 2. The molecule has 0 aromatic heterocycles. The predicted octanol–water partition coefficient (Wildman–Crippen LogP) is -1.18. The first-order valence-electron chi connectivity index (χ1n) is 3.23. The highest BCUT2D eigenvalue weighted by atomic mass is 32.2. The molecule has 5 nitrogen and oxygen atoms in total. The van der Waals surface area contributed by atoms with Crippen molar-refractivity contribution < 1.29 is 19.5 Å². The van der Waals surface area contributed by atoms with E-state index < -0.39 is 23.2 Å². The molecule has 66 valence electrons. The van der Waals surface area contributed by atoms with Gasteiger partial charge in [-0.05, 0) is 6.92 Å². The lowest BCUT2D eigenvalue weighted by molar-refractivity contribution is -0.309. The summed E-state index contributed by atoms with van der Waals surface area (Å²) in [6.45, 7) is 1.25. The highest BCUT2D eigenvalue weighted by Crippen LogP contribution is 2.20. The van der Waals surface area contributed by atoms with Gasteiger partial charge in [-0.1, -0.05) is 11.8 Å². The van der Waals surface area contributed by atoms with Crippen molar-refractivity contribution in [2.75, 3.05) is 5.75 Å². The highest BCUT2D eigenvalue weighted by Gasteiger charge is 2.34. The Bertz CT molecular complexity index is 236. The van der Waals surface area contributed by atoms with Crippen molar-refractivity contribution in [3.63, 3.8) is 0 Å². The third-order valence-electron chi connectivity index (χ3n) is 1.51. The SMILES string of the molecule is CC(C(=O)[O-])N1C(=O)CSC1=O. The van der Waals surface area contributed by atoms with E-state index in [1.807, 2.05) is 0 Å². The van der Waals surface area contributed by atoms with Gasteiger partial charge >= 0.3 is 0 Å². The molecule has 0 N–H and O–H groups in total. The number of hydrogen-bond acceptors (Lipinski definition) is 5. The Balaban J connectivity index is 2.79. The minimum Gasteiger partial charge on any atom is -0.548 e. The zero-order chi connectivity index (χ0) is 9.30. The van der Waals surface area contributed by atoms with Gasteiger partial charge in [0.15, 0.2) is 0 Å². The summed E-state index contributed by atoms with van der Waals surface area (Å²) >= 11 is 0.806. The minimum absolute atomic E-state index is 0.0243. The number of carbonyl (C=O) groups excluding carboxylic acids is 3. The number of amides is 2. The van der Waals surface area contributed by atoms with E-state index in [-0.39, 0.29) is 5.75 Å². The van der Waals surface area contributed by atoms with Gasteiger partial charge in [-0.25, -0.2) is 0 Å². The highest BCUT2D eigenvalue weighted by molar-refractivity contribution is 8.14. The van der Waals surface area contributed by atoms with E-state index in [0.29, 0.717) is 4.90 Å². The average molecular weight is 188 g/mol. The van der Waals surface area contributed by atoms with Gasteiger partial charge in [-0.2, -0.15) is 0 Å². The van der Waals surface area contributed by atoms with Crippen LogP contribution in [0.25, 0.3) is 0 Å². The molecule has 0 aromatic rings. The number of nitrogens with zero attached hydrogens (tertiary/aromatic N) is 1. The Hall–Kier alpha value is -1.04. The van der Waals surface area contributed by atoms with Crippen LogP contribution in [0, 0.1) is 0 Å². The first-order chi connectivity index (χ1) is 5.54. The molecule has 6 heteroatoms. The van der Waals surface area contributed by atoms with Gasteiger partial charge in [0.25, 0.3) is 5.24 Å². The van der Waals surface area contributed by atoms with Crippen molar-refractivity contribution in [1.29, 1.82) is 0 Å². The van der Waals surface area contributed by atoms with E-state index in [0.717, 1.165) is 11.8 Å². The summed E-state index contributed by atoms with van der Waals surface area (Å²) in [5.41, 5.74) is 0. The molecule has 12 heavy (non-hydrogen) atoms. The maximum absolute atomic E-state index is 10.9. The van der Waals surface area contributed by atoms with Crippen molar-refractivity contribution in [1.82, 2.24) is 4.90 Å². The van der Waals surface area contributed by atoms with Crippen molar-refractivity contribution in [2.45, 2.75) is 13.0 Å². The van der Waals surface area contributed by atoms with Gasteiger partial charge in [0, 0.05) is 0 Å². The number of carboxylic acid groups (broad SMARTS) is 1. The molecule has 2 amide bonds. The van der Waals surface area contributed by atoms with E-state index in [9.17, 15) is 19.5 Å². The van der Waals surface area contributed by atoms with E-state index in [4.69, 9.17) is 0 Å². The Morgan fingerprint density at radius 3 is 2.58 bits per heavy atom. The lowest BCUT2D eigenvalue weighted by Gasteiger charge is -2.21. The lowest BCUT2D eigenvalue weighted by Crippen LogP contribution is -2.48. The van der Waals surface area contributed by atoms with Crippen LogP contribution in [-0.4, -0.2) is 33.8 Å². The van der Waals surface area contributed by atoms with Crippen LogP contribution in [-0.2, 0) is 9.59 Å². The molecule has 1 aliphatic heterocycles. The van der Waals surface area contributed by atoms with Gasteiger partial charge in [0.1, 0.15) is 0 Å². The standard InChI is InChI=1S/C6H7NO4S/c1-3(5(9)10)7-4(8)2-12-6(7)11/h3H,2H2,1H3,(H,9,10)/p-1. The lowest BCUT2D eigenvalue weighted by atomic mass is 10.3. The number of aliphatic carboxylic acids is 1. The number of carboxylic acids is 1. The molecular weight excluding hydrogens is 182 g/mol. The number of hydrogen-bond donors (Lipinski definition) is 0. The van der Waals surface area contributed by atoms with Crippen LogP contribution < -0.4 is 5.11 Å². The summed E-state index contributed by atoms with van der Waals surface area (Å²) in [7, 11) is 0. The number of thioether (sulfide) groups is 1. The van der Waals surface area contributed by atoms with Crippen molar-refractivity contribution in [3.8, 4) is 0 Å². The second kappa shape index (κ2) is 3.14. The van der Waals surface area contributed by atoms with Crippen molar-refractivity contribution >= 4 is 28.9 Å². The van der Waals surface area contributed by atoms with Gasteiger partial charge < -0.3 is 9.90 Å².